The molecule has 0 aromatic heterocycles. The van der Waals surface area contributed by atoms with Crippen molar-refractivity contribution in [2.75, 3.05) is 51.9 Å². The van der Waals surface area contributed by atoms with E-state index in [9.17, 15) is 9.59 Å². The van der Waals surface area contributed by atoms with Crippen molar-refractivity contribution >= 4 is 23.2 Å². The Hall–Kier alpha value is -2.24. The van der Waals surface area contributed by atoms with E-state index in [1.54, 1.807) is 26.2 Å². The second-order valence-corrected chi connectivity index (χ2v) is 5.28. The number of hydrogen-bond donors (Lipinski definition) is 1. The average molecular weight is 292 g/mol. The molecular formula is C15H24N4O2. The van der Waals surface area contributed by atoms with Gasteiger partial charge >= 0.3 is 0 Å². The number of amides is 2. The summed E-state index contributed by atoms with van der Waals surface area (Å²) in [4.78, 5) is 29.1. The fourth-order valence-corrected chi connectivity index (χ4v) is 1.91. The molecule has 0 unspecified atom stereocenters. The van der Waals surface area contributed by atoms with E-state index in [-0.39, 0.29) is 18.4 Å². The van der Waals surface area contributed by atoms with E-state index in [4.69, 9.17) is 5.73 Å². The third-order valence-electron chi connectivity index (χ3n) is 3.25. The molecule has 0 saturated heterocycles. The minimum absolute atomic E-state index is 0.0671. The number of hydrogen-bond acceptors (Lipinski definition) is 4. The summed E-state index contributed by atoms with van der Waals surface area (Å²) in [7, 11) is 7.12. The van der Waals surface area contributed by atoms with Crippen LogP contribution in [0.2, 0.25) is 0 Å². The predicted octanol–water partition coefficient (Wildman–Crippen LogP) is 0.885. The molecule has 21 heavy (non-hydrogen) atoms. The number of carbonyl (C=O) groups excluding carboxylic acids is 2. The van der Waals surface area contributed by atoms with Crippen LogP contribution < -0.4 is 10.6 Å². The first kappa shape index (κ1) is 16.8. The maximum absolute atomic E-state index is 12.5. The van der Waals surface area contributed by atoms with Crippen LogP contribution in [0.1, 0.15) is 17.3 Å². The number of anilines is 2. The summed E-state index contributed by atoms with van der Waals surface area (Å²) in [5, 5.41) is 0. The molecule has 2 amide bonds. The monoisotopic (exact) mass is 292 g/mol. The SMILES string of the molecule is CCN(CC(=O)N(C)C)C(=O)c1ccc(N(C)C)c(N)c1. The van der Waals surface area contributed by atoms with Crippen molar-refractivity contribution in [1.82, 2.24) is 9.80 Å². The smallest absolute Gasteiger partial charge is 0.254 e. The molecule has 0 spiro atoms. The van der Waals surface area contributed by atoms with Crippen LogP contribution in [-0.2, 0) is 4.79 Å². The second-order valence-electron chi connectivity index (χ2n) is 5.28. The highest BCUT2D eigenvalue weighted by molar-refractivity contribution is 5.98. The minimum atomic E-state index is -0.190. The van der Waals surface area contributed by atoms with Crippen LogP contribution in [-0.4, -0.2) is 62.9 Å². The molecule has 0 aliphatic heterocycles. The molecule has 0 aliphatic carbocycles. The van der Waals surface area contributed by atoms with Gasteiger partial charge in [0.2, 0.25) is 5.91 Å². The third kappa shape index (κ3) is 4.11. The Kier molecular flexibility index (Phi) is 5.58. The lowest BCUT2D eigenvalue weighted by atomic mass is 10.1. The summed E-state index contributed by atoms with van der Waals surface area (Å²) in [5.74, 6) is -0.298. The largest absolute Gasteiger partial charge is 0.397 e. The minimum Gasteiger partial charge on any atom is -0.397 e. The Bertz CT molecular complexity index is 526. The van der Waals surface area contributed by atoms with E-state index >= 15 is 0 Å². The van der Waals surface area contributed by atoms with Gasteiger partial charge < -0.3 is 20.4 Å². The quantitative estimate of drug-likeness (QED) is 0.818. The lowest BCUT2D eigenvalue weighted by molar-refractivity contribution is -0.129. The normalized spacial score (nSPS) is 10.1. The van der Waals surface area contributed by atoms with E-state index in [1.165, 1.54) is 9.80 Å². The molecule has 1 aromatic rings. The van der Waals surface area contributed by atoms with Crippen molar-refractivity contribution in [1.29, 1.82) is 0 Å². The molecule has 0 aliphatic rings. The van der Waals surface area contributed by atoms with Crippen LogP contribution in [0.15, 0.2) is 18.2 Å². The molecule has 116 valence electrons. The Morgan fingerprint density at radius 3 is 2.19 bits per heavy atom. The standard InChI is InChI=1S/C15H24N4O2/c1-6-19(10-14(20)18(4)5)15(21)11-7-8-13(17(2)3)12(16)9-11/h7-9H,6,10,16H2,1-5H3. The van der Waals surface area contributed by atoms with Crippen molar-refractivity contribution in [2.45, 2.75) is 6.92 Å². The van der Waals surface area contributed by atoms with Gasteiger partial charge in [0.1, 0.15) is 0 Å². The van der Waals surface area contributed by atoms with Gasteiger partial charge in [0, 0.05) is 40.3 Å². The average Bonchev–Trinajstić information content (AvgIpc) is 2.42. The van der Waals surface area contributed by atoms with E-state index in [0.717, 1.165) is 5.69 Å². The number of carbonyl (C=O) groups is 2. The summed E-state index contributed by atoms with van der Waals surface area (Å²) < 4.78 is 0. The van der Waals surface area contributed by atoms with Crippen molar-refractivity contribution in [2.24, 2.45) is 0 Å². The molecule has 0 fully saturated rings. The van der Waals surface area contributed by atoms with Crippen molar-refractivity contribution < 1.29 is 9.59 Å². The molecule has 6 nitrogen and oxygen atoms in total. The fourth-order valence-electron chi connectivity index (χ4n) is 1.91. The van der Waals surface area contributed by atoms with Crippen LogP contribution in [0.4, 0.5) is 11.4 Å². The van der Waals surface area contributed by atoms with Crippen molar-refractivity contribution in [3.05, 3.63) is 23.8 Å². The molecule has 2 N–H and O–H groups in total. The zero-order valence-electron chi connectivity index (χ0n) is 13.4. The molecule has 6 heteroatoms. The van der Waals surface area contributed by atoms with E-state index in [1.807, 2.05) is 32.0 Å². The highest BCUT2D eigenvalue weighted by Crippen LogP contribution is 2.23. The summed E-state index contributed by atoms with van der Waals surface area (Å²) in [6, 6.07) is 5.20. The van der Waals surface area contributed by atoms with Gasteiger partial charge in [-0.05, 0) is 25.1 Å². The van der Waals surface area contributed by atoms with Gasteiger partial charge in [-0.15, -0.1) is 0 Å². The number of nitrogens with zero attached hydrogens (tertiary/aromatic N) is 3. The van der Waals surface area contributed by atoms with Crippen LogP contribution >= 0.6 is 0 Å². The molecule has 0 radical (unpaired) electrons. The highest BCUT2D eigenvalue weighted by Gasteiger charge is 2.19. The number of nitrogen functional groups attached to an aromatic ring is 1. The topological polar surface area (TPSA) is 69.9 Å². The third-order valence-corrected chi connectivity index (χ3v) is 3.25. The van der Waals surface area contributed by atoms with Gasteiger partial charge in [-0.3, -0.25) is 9.59 Å². The van der Waals surface area contributed by atoms with Crippen LogP contribution in [0, 0.1) is 0 Å². The molecule has 0 heterocycles. The van der Waals surface area contributed by atoms with Crippen LogP contribution in [0.5, 0.6) is 0 Å². The van der Waals surface area contributed by atoms with Gasteiger partial charge in [0.15, 0.2) is 0 Å². The zero-order chi connectivity index (χ0) is 16.2. The van der Waals surface area contributed by atoms with Crippen LogP contribution in [0.25, 0.3) is 0 Å². The van der Waals surface area contributed by atoms with Crippen LogP contribution in [0.3, 0.4) is 0 Å². The first-order valence-corrected chi connectivity index (χ1v) is 6.84. The summed E-state index contributed by atoms with van der Waals surface area (Å²) in [5.41, 5.74) is 7.86. The highest BCUT2D eigenvalue weighted by atomic mass is 16.2. The Morgan fingerprint density at radius 2 is 1.76 bits per heavy atom. The first-order valence-electron chi connectivity index (χ1n) is 6.84. The fraction of sp³-hybridized carbons (Fsp3) is 0.467. The van der Waals surface area contributed by atoms with Gasteiger partial charge in [-0.25, -0.2) is 0 Å². The van der Waals surface area contributed by atoms with Gasteiger partial charge in [-0.2, -0.15) is 0 Å². The molecule has 0 atom stereocenters. The van der Waals surface area contributed by atoms with E-state index < -0.39 is 0 Å². The number of rotatable bonds is 5. The Morgan fingerprint density at radius 1 is 1.14 bits per heavy atom. The molecule has 1 rings (SSSR count). The second kappa shape index (κ2) is 6.97. The summed E-state index contributed by atoms with van der Waals surface area (Å²) in [6.45, 7) is 2.38. The molecule has 0 saturated carbocycles. The zero-order valence-corrected chi connectivity index (χ0v) is 13.4. The maximum atomic E-state index is 12.5. The number of benzene rings is 1. The predicted molar refractivity (Wildman–Crippen MR) is 85.5 cm³/mol. The van der Waals surface area contributed by atoms with E-state index in [2.05, 4.69) is 0 Å². The van der Waals surface area contributed by atoms with Crippen molar-refractivity contribution in [3.8, 4) is 0 Å². The number of nitrogens with two attached hydrogens (primary N) is 1. The Labute approximate surface area is 126 Å². The van der Waals surface area contributed by atoms with Crippen molar-refractivity contribution in [3.63, 3.8) is 0 Å². The number of likely N-dealkylation sites (N-methyl/N-ethyl adjacent to an activating group) is 2. The maximum Gasteiger partial charge on any atom is 0.254 e. The summed E-state index contributed by atoms with van der Waals surface area (Å²) >= 11 is 0. The summed E-state index contributed by atoms with van der Waals surface area (Å²) in [6.07, 6.45) is 0. The lowest BCUT2D eigenvalue weighted by Gasteiger charge is -2.23. The first-order chi connectivity index (χ1) is 9.77. The molecular weight excluding hydrogens is 268 g/mol. The Balaban J connectivity index is 2.95. The molecule has 1 aromatic carbocycles. The van der Waals surface area contributed by atoms with Gasteiger partial charge in [0.05, 0.1) is 17.9 Å². The molecule has 0 bridgehead atoms. The van der Waals surface area contributed by atoms with Gasteiger partial charge in [-0.1, -0.05) is 0 Å². The van der Waals surface area contributed by atoms with E-state index in [0.29, 0.717) is 17.8 Å². The van der Waals surface area contributed by atoms with Gasteiger partial charge in [0.25, 0.3) is 5.91 Å². The lowest BCUT2D eigenvalue weighted by Crippen LogP contribution is -2.40.